The molecule has 6 nitrogen and oxygen atoms in total. The number of rotatable bonds is 5. The van der Waals surface area contributed by atoms with Gasteiger partial charge in [0.2, 0.25) is 0 Å². The minimum absolute atomic E-state index is 0.0762. The fraction of sp³-hybridized carbons (Fsp3) is 0.167. The fourth-order valence-corrected chi connectivity index (χ4v) is 1.61. The summed E-state index contributed by atoms with van der Waals surface area (Å²) in [6.45, 7) is 0.178. The smallest absolute Gasteiger partial charge is 0.341 e. The summed E-state index contributed by atoms with van der Waals surface area (Å²) >= 11 is 0. The molecule has 0 amide bonds. The fourth-order valence-electron chi connectivity index (χ4n) is 1.61. The summed E-state index contributed by atoms with van der Waals surface area (Å²) in [5.41, 5.74) is 0.831. The van der Waals surface area contributed by atoms with Crippen molar-refractivity contribution in [2.75, 3.05) is 18.5 Å². The second-order valence-electron chi connectivity index (χ2n) is 3.61. The number of benzene rings is 1. The van der Waals surface area contributed by atoms with E-state index in [2.05, 4.69) is 10.4 Å². The first kappa shape index (κ1) is 12.1. The number of nitrogens with one attached hydrogen (secondary N) is 1. The molecular formula is C12H13N3O3. The molecule has 2 aromatic rings. The molecule has 18 heavy (non-hydrogen) atoms. The van der Waals surface area contributed by atoms with E-state index in [1.54, 1.807) is 0 Å². The van der Waals surface area contributed by atoms with Gasteiger partial charge in [-0.15, -0.1) is 0 Å². The van der Waals surface area contributed by atoms with Gasteiger partial charge in [-0.2, -0.15) is 5.10 Å². The molecule has 0 spiro atoms. The van der Waals surface area contributed by atoms with Gasteiger partial charge in [-0.05, 0) is 12.1 Å². The van der Waals surface area contributed by atoms with E-state index in [1.165, 1.54) is 10.9 Å². The number of para-hydroxylation sites is 1. The number of nitrogens with zero attached hydrogens (tertiary/aromatic N) is 2. The third kappa shape index (κ3) is 2.33. The molecule has 0 bridgehead atoms. The molecule has 2 rings (SSSR count). The lowest BCUT2D eigenvalue weighted by Gasteiger charge is -2.09. The summed E-state index contributed by atoms with van der Waals surface area (Å²) in [6, 6.07) is 9.19. The van der Waals surface area contributed by atoms with Gasteiger partial charge >= 0.3 is 5.97 Å². The Hall–Kier alpha value is -2.34. The number of carboxylic acids is 1. The van der Waals surface area contributed by atoms with Crippen molar-refractivity contribution in [2.45, 2.75) is 0 Å². The lowest BCUT2D eigenvalue weighted by molar-refractivity contribution is 0.0698. The number of carbonyl (C=O) groups is 1. The number of aromatic nitrogens is 2. The molecule has 0 atom stereocenters. The molecule has 0 aliphatic rings. The van der Waals surface area contributed by atoms with Gasteiger partial charge in [-0.1, -0.05) is 18.2 Å². The van der Waals surface area contributed by atoms with Crippen LogP contribution in [0.15, 0.2) is 36.5 Å². The van der Waals surface area contributed by atoms with Gasteiger partial charge < -0.3 is 15.5 Å². The van der Waals surface area contributed by atoms with Crippen LogP contribution < -0.4 is 5.32 Å². The maximum absolute atomic E-state index is 11.1. The van der Waals surface area contributed by atoms with Crippen LogP contribution in [0.3, 0.4) is 0 Å². The molecule has 0 saturated heterocycles. The van der Waals surface area contributed by atoms with E-state index in [9.17, 15) is 4.79 Å². The van der Waals surface area contributed by atoms with Crippen LogP contribution in [0.25, 0.3) is 5.69 Å². The Labute approximate surface area is 103 Å². The van der Waals surface area contributed by atoms with E-state index in [0.717, 1.165) is 5.69 Å². The van der Waals surface area contributed by atoms with Crippen molar-refractivity contribution < 1.29 is 15.0 Å². The first-order valence-corrected chi connectivity index (χ1v) is 5.45. The molecule has 6 heteroatoms. The van der Waals surface area contributed by atoms with Crippen LogP contribution in [0, 0.1) is 0 Å². The number of aliphatic hydroxyl groups excluding tert-OH is 1. The normalized spacial score (nSPS) is 10.3. The number of anilines is 1. The number of hydrogen-bond donors (Lipinski definition) is 3. The largest absolute Gasteiger partial charge is 0.477 e. The first-order chi connectivity index (χ1) is 8.74. The zero-order chi connectivity index (χ0) is 13.0. The van der Waals surface area contributed by atoms with Gasteiger partial charge in [0.25, 0.3) is 0 Å². The minimum Gasteiger partial charge on any atom is -0.477 e. The Balaban J connectivity index is 2.44. The van der Waals surface area contributed by atoms with Gasteiger partial charge in [0.1, 0.15) is 11.4 Å². The Morgan fingerprint density at radius 2 is 2.06 bits per heavy atom. The monoisotopic (exact) mass is 247 g/mol. The zero-order valence-electron chi connectivity index (χ0n) is 9.58. The summed E-state index contributed by atoms with van der Waals surface area (Å²) in [7, 11) is 0. The molecule has 0 radical (unpaired) electrons. The summed E-state index contributed by atoms with van der Waals surface area (Å²) in [4.78, 5) is 11.1. The van der Waals surface area contributed by atoms with Crippen molar-refractivity contribution in [3.05, 3.63) is 42.1 Å². The highest BCUT2D eigenvalue weighted by Crippen LogP contribution is 2.19. The van der Waals surface area contributed by atoms with E-state index in [-0.39, 0.29) is 18.7 Å². The molecule has 94 valence electrons. The van der Waals surface area contributed by atoms with E-state index in [0.29, 0.717) is 5.82 Å². The van der Waals surface area contributed by atoms with Crippen molar-refractivity contribution in [1.29, 1.82) is 0 Å². The lowest BCUT2D eigenvalue weighted by atomic mass is 10.3. The topological polar surface area (TPSA) is 87.4 Å². The highest BCUT2D eigenvalue weighted by molar-refractivity contribution is 5.93. The Bertz CT molecular complexity index is 537. The molecule has 1 aromatic heterocycles. The Kier molecular flexibility index (Phi) is 3.59. The van der Waals surface area contributed by atoms with Crippen LogP contribution in [-0.2, 0) is 0 Å². The van der Waals surface area contributed by atoms with Crippen LogP contribution in [0.4, 0.5) is 5.82 Å². The van der Waals surface area contributed by atoms with Crippen LogP contribution in [0.2, 0.25) is 0 Å². The van der Waals surface area contributed by atoms with Gasteiger partial charge in [-0.25, -0.2) is 9.48 Å². The van der Waals surface area contributed by atoms with E-state index >= 15 is 0 Å². The SMILES string of the molecule is O=C(O)c1cnn(-c2ccccc2)c1NCCO. The molecule has 0 aliphatic carbocycles. The summed E-state index contributed by atoms with van der Waals surface area (Å²) in [5.74, 6) is -0.694. The second kappa shape index (κ2) is 5.33. The van der Waals surface area contributed by atoms with E-state index < -0.39 is 5.97 Å². The van der Waals surface area contributed by atoms with Gasteiger partial charge in [0, 0.05) is 6.54 Å². The highest BCUT2D eigenvalue weighted by atomic mass is 16.4. The maximum Gasteiger partial charge on any atom is 0.341 e. The number of aromatic carboxylic acids is 1. The molecule has 0 unspecified atom stereocenters. The van der Waals surface area contributed by atoms with Crippen molar-refractivity contribution in [3.8, 4) is 5.69 Å². The molecule has 1 aromatic carbocycles. The first-order valence-electron chi connectivity index (χ1n) is 5.45. The third-order valence-corrected chi connectivity index (χ3v) is 2.40. The summed E-state index contributed by atoms with van der Waals surface area (Å²) < 4.78 is 1.50. The maximum atomic E-state index is 11.1. The van der Waals surface area contributed by atoms with E-state index in [1.807, 2.05) is 30.3 Å². The van der Waals surface area contributed by atoms with Crippen molar-refractivity contribution in [1.82, 2.24) is 9.78 Å². The predicted molar refractivity (Wildman–Crippen MR) is 66.1 cm³/mol. The van der Waals surface area contributed by atoms with Crippen LogP contribution in [0.1, 0.15) is 10.4 Å². The zero-order valence-corrected chi connectivity index (χ0v) is 9.58. The molecule has 0 saturated carbocycles. The van der Waals surface area contributed by atoms with Crippen LogP contribution in [0.5, 0.6) is 0 Å². The molecule has 3 N–H and O–H groups in total. The number of carboxylic acid groups (broad SMARTS) is 1. The summed E-state index contributed by atoms with van der Waals surface area (Å²) in [5, 5.41) is 24.8. The molecular weight excluding hydrogens is 234 g/mol. The Morgan fingerprint density at radius 1 is 1.33 bits per heavy atom. The van der Waals surface area contributed by atoms with Crippen LogP contribution in [-0.4, -0.2) is 39.1 Å². The van der Waals surface area contributed by atoms with Gasteiger partial charge in [0.15, 0.2) is 0 Å². The number of hydrogen-bond acceptors (Lipinski definition) is 4. The lowest BCUT2D eigenvalue weighted by Crippen LogP contribution is -2.13. The van der Waals surface area contributed by atoms with E-state index in [4.69, 9.17) is 10.2 Å². The second-order valence-corrected chi connectivity index (χ2v) is 3.61. The minimum atomic E-state index is -1.06. The van der Waals surface area contributed by atoms with Crippen molar-refractivity contribution >= 4 is 11.8 Å². The molecule has 0 aliphatic heterocycles. The third-order valence-electron chi connectivity index (χ3n) is 2.40. The van der Waals surface area contributed by atoms with Crippen molar-refractivity contribution in [3.63, 3.8) is 0 Å². The summed E-state index contributed by atoms with van der Waals surface area (Å²) in [6.07, 6.45) is 1.29. The van der Waals surface area contributed by atoms with Gasteiger partial charge in [0.05, 0.1) is 18.5 Å². The van der Waals surface area contributed by atoms with Crippen molar-refractivity contribution in [2.24, 2.45) is 0 Å². The Morgan fingerprint density at radius 3 is 2.67 bits per heavy atom. The predicted octanol–water partition coefficient (Wildman–Crippen LogP) is 0.975. The standard InChI is InChI=1S/C12H13N3O3/c16-7-6-13-11-10(12(17)18)8-14-15(11)9-4-2-1-3-5-9/h1-5,8,13,16H,6-7H2,(H,17,18). The molecule has 0 fully saturated rings. The average Bonchev–Trinajstić information content (AvgIpc) is 2.81. The highest BCUT2D eigenvalue weighted by Gasteiger charge is 2.17. The quantitative estimate of drug-likeness (QED) is 0.733. The molecule has 1 heterocycles. The average molecular weight is 247 g/mol. The van der Waals surface area contributed by atoms with Gasteiger partial charge in [-0.3, -0.25) is 0 Å². The number of aliphatic hydroxyl groups is 1. The van der Waals surface area contributed by atoms with Crippen LogP contribution >= 0.6 is 0 Å².